The van der Waals surface area contributed by atoms with Crippen LogP contribution in [-0.4, -0.2) is 10.9 Å². The highest BCUT2D eigenvalue weighted by molar-refractivity contribution is 7.22. The topological polar surface area (TPSA) is 54.0 Å². The molecule has 0 saturated heterocycles. The van der Waals surface area contributed by atoms with Gasteiger partial charge in [0.2, 0.25) is 0 Å². The van der Waals surface area contributed by atoms with Crippen molar-refractivity contribution in [1.29, 1.82) is 0 Å². The second kappa shape index (κ2) is 7.37. The van der Waals surface area contributed by atoms with Crippen LogP contribution in [0.25, 0.3) is 21.0 Å². The molecule has 5 aromatic rings. The van der Waals surface area contributed by atoms with Crippen LogP contribution in [0.1, 0.15) is 10.4 Å². The molecular weight excluding hydrogens is 378 g/mol. The van der Waals surface area contributed by atoms with E-state index in [1.807, 2.05) is 91.0 Å². The molecule has 4 aromatic carbocycles. The Hall–Kier alpha value is -3.70. The number of nitrogens with zero attached hydrogens (tertiary/aromatic N) is 1. The number of hydrogen-bond acceptors (Lipinski definition) is 4. The molecule has 0 bridgehead atoms. The maximum atomic E-state index is 12.7. The van der Waals surface area contributed by atoms with Gasteiger partial charge in [0.15, 0.2) is 5.13 Å². The van der Waals surface area contributed by atoms with E-state index in [-0.39, 0.29) is 5.91 Å². The number of carbonyl (C=O) groups is 1. The summed E-state index contributed by atoms with van der Waals surface area (Å²) in [6.45, 7) is 0. The fourth-order valence-corrected chi connectivity index (χ4v) is 4.14. The van der Waals surface area contributed by atoms with Crippen LogP contribution in [0.3, 0.4) is 0 Å². The fraction of sp³-hybridized carbons (Fsp3) is 0. The molecule has 0 fully saturated rings. The number of thiazole rings is 1. The highest BCUT2D eigenvalue weighted by Crippen LogP contribution is 2.30. The van der Waals surface area contributed by atoms with E-state index < -0.39 is 0 Å². The van der Waals surface area contributed by atoms with Crippen molar-refractivity contribution < 1.29 is 4.79 Å². The number of hydrogen-bond donors (Lipinski definition) is 2. The molecular formula is C24H17N3OS. The molecule has 0 radical (unpaired) electrons. The van der Waals surface area contributed by atoms with E-state index in [0.29, 0.717) is 10.7 Å². The van der Waals surface area contributed by atoms with Crippen LogP contribution in [0.5, 0.6) is 0 Å². The lowest BCUT2D eigenvalue weighted by molar-refractivity contribution is 0.102. The maximum Gasteiger partial charge on any atom is 0.257 e. The number of amides is 1. The molecule has 29 heavy (non-hydrogen) atoms. The number of nitrogens with one attached hydrogen (secondary N) is 2. The van der Waals surface area contributed by atoms with Gasteiger partial charge in [0, 0.05) is 16.9 Å². The van der Waals surface area contributed by atoms with Gasteiger partial charge in [-0.1, -0.05) is 59.9 Å². The number of fused-ring (bicyclic) bond motifs is 2. The highest BCUT2D eigenvalue weighted by Gasteiger charge is 2.11. The molecule has 5 heteroatoms. The number of anilines is 3. The molecule has 0 saturated carbocycles. The fourth-order valence-electron chi connectivity index (χ4n) is 3.24. The smallest absolute Gasteiger partial charge is 0.257 e. The van der Waals surface area contributed by atoms with Crippen LogP contribution >= 0.6 is 11.3 Å². The first-order valence-electron chi connectivity index (χ1n) is 9.27. The quantitative estimate of drug-likeness (QED) is 0.368. The van der Waals surface area contributed by atoms with Crippen LogP contribution in [0, 0.1) is 0 Å². The van der Waals surface area contributed by atoms with Crippen molar-refractivity contribution >= 4 is 54.7 Å². The summed E-state index contributed by atoms with van der Waals surface area (Å²) in [6, 6.07) is 29.7. The summed E-state index contributed by atoms with van der Waals surface area (Å²) in [5.74, 6) is -0.155. The molecule has 0 atom stereocenters. The van der Waals surface area contributed by atoms with E-state index in [1.165, 1.54) is 11.3 Å². The first-order chi connectivity index (χ1) is 14.2. The van der Waals surface area contributed by atoms with Gasteiger partial charge in [-0.2, -0.15) is 0 Å². The van der Waals surface area contributed by atoms with Gasteiger partial charge in [0.05, 0.1) is 10.2 Å². The standard InChI is InChI=1S/C24H17N3OS/c28-23(18-11-10-16-6-4-5-7-17(16)14-18)27-24-26-21-13-12-20(15-22(21)29-24)25-19-8-2-1-3-9-19/h1-15,25H,(H,26,27,28). The van der Waals surface area contributed by atoms with Crippen molar-refractivity contribution in [3.63, 3.8) is 0 Å². The monoisotopic (exact) mass is 395 g/mol. The van der Waals surface area contributed by atoms with Gasteiger partial charge in [-0.25, -0.2) is 4.98 Å². The van der Waals surface area contributed by atoms with Gasteiger partial charge in [0.25, 0.3) is 5.91 Å². The summed E-state index contributed by atoms with van der Waals surface area (Å²) in [5, 5.41) is 9.06. The molecule has 2 N–H and O–H groups in total. The molecule has 0 unspecified atom stereocenters. The van der Waals surface area contributed by atoms with E-state index in [9.17, 15) is 4.79 Å². The minimum absolute atomic E-state index is 0.155. The van der Waals surface area contributed by atoms with Crippen LogP contribution < -0.4 is 10.6 Å². The summed E-state index contributed by atoms with van der Waals surface area (Å²) in [6.07, 6.45) is 0. The number of rotatable bonds is 4. The van der Waals surface area contributed by atoms with E-state index in [1.54, 1.807) is 0 Å². The minimum atomic E-state index is -0.155. The average molecular weight is 395 g/mol. The third-order valence-corrected chi connectivity index (χ3v) is 5.62. The van der Waals surface area contributed by atoms with Crippen molar-refractivity contribution in [1.82, 2.24) is 4.98 Å². The Kier molecular flexibility index (Phi) is 4.42. The number of benzene rings is 4. The molecule has 4 nitrogen and oxygen atoms in total. The zero-order valence-electron chi connectivity index (χ0n) is 15.4. The summed E-state index contributed by atoms with van der Waals surface area (Å²) >= 11 is 1.47. The number of carbonyl (C=O) groups excluding carboxylic acids is 1. The third-order valence-electron chi connectivity index (χ3n) is 4.68. The average Bonchev–Trinajstić information content (AvgIpc) is 3.15. The predicted octanol–water partition coefficient (Wildman–Crippen LogP) is 6.45. The van der Waals surface area contributed by atoms with E-state index in [2.05, 4.69) is 15.6 Å². The Bertz CT molecular complexity index is 1330. The molecule has 140 valence electrons. The number of para-hydroxylation sites is 1. The summed E-state index contributed by atoms with van der Waals surface area (Å²) in [7, 11) is 0. The first kappa shape index (κ1) is 17.4. The third kappa shape index (κ3) is 3.68. The Morgan fingerprint density at radius 1 is 0.759 bits per heavy atom. The van der Waals surface area contributed by atoms with E-state index >= 15 is 0 Å². The normalized spacial score (nSPS) is 10.9. The SMILES string of the molecule is O=C(Nc1nc2ccc(Nc3ccccc3)cc2s1)c1ccc2ccccc2c1. The van der Waals surface area contributed by atoms with Crippen LogP contribution in [0.15, 0.2) is 91.0 Å². The Labute approximate surface area is 171 Å². The molecule has 0 aliphatic carbocycles. The minimum Gasteiger partial charge on any atom is -0.355 e. The van der Waals surface area contributed by atoms with Crippen LogP contribution in [0.4, 0.5) is 16.5 Å². The van der Waals surface area contributed by atoms with Gasteiger partial charge in [-0.3, -0.25) is 10.1 Å². The lowest BCUT2D eigenvalue weighted by Gasteiger charge is -2.05. The van der Waals surface area contributed by atoms with E-state index in [0.717, 1.165) is 32.4 Å². The van der Waals surface area contributed by atoms with Gasteiger partial charge in [-0.15, -0.1) is 0 Å². The lowest BCUT2D eigenvalue weighted by Crippen LogP contribution is -2.11. The first-order valence-corrected chi connectivity index (χ1v) is 10.1. The molecule has 0 aliphatic heterocycles. The second-order valence-corrected chi connectivity index (χ2v) is 7.74. The van der Waals surface area contributed by atoms with Crippen molar-refractivity contribution in [3.8, 4) is 0 Å². The molecule has 1 aromatic heterocycles. The van der Waals surface area contributed by atoms with Crippen molar-refractivity contribution in [3.05, 3.63) is 96.6 Å². The summed E-state index contributed by atoms with van der Waals surface area (Å²) in [4.78, 5) is 17.2. The van der Waals surface area contributed by atoms with Crippen molar-refractivity contribution in [2.75, 3.05) is 10.6 Å². The summed E-state index contributed by atoms with van der Waals surface area (Å²) < 4.78 is 1.01. The molecule has 1 amide bonds. The molecule has 0 aliphatic rings. The predicted molar refractivity (Wildman–Crippen MR) is 121 cm³/mol. The van der Waals surface area contributed by atoms with E-state index in [4.69, 9.17) is 0 Å². The summed E-state index contributed by atoms with van der Waals surface area (Å²) in [5.41, 5.74) is 3.50. The van der Waals surface area contributed by atoms with Gasteiger partial charge >= 0.3 is 0 Å². The molecule has 0 spiro atoms. The maximum absolute atomic E-state index is 12.7. The highest BCUT2D eigenvalue weighted by atomic mass is 32.1. The molecule has 5 rings (SSSR count). The van der Waals surface area contributed by atoms with Gasteiger partial charge in [-0.05, 0) is 53.2 Å². The number of aromatic nitrogens is 1. The van der Waals surface area contributed by atoms with Gasteiger partial charge in [0.1, 0.15) is 0 Å². The Morgan fingerprint density at radius 2 is 1.55 bits per heavy atom. The lowest BCUT2D eigenvalue weighted by atomic mass is 10.1. The second-order valence-electron chi connectivity index (χ2n) is 6.71. The largest absolute Gasteiger partial charge is 0.355 e. The van der Waals surface area contributed by atoms with Gasteiger partial charge < -0.3 is 5.32 Å². The van der Waals surface area contributed by atoms with Crippen LogP contribution in [-0.2, 0) is 0 Å². The van der Waals surface area contributed by atoms with Crippen molar-refractivity contribution in [2.45, 2.75) is 0 Å². The zero-order chi connectivity index (χ0) is 19.6. The molecule has 1 heterocycles. The Balaban J connectivity index is 1.37. The zero-order valence-corrected chi connectivity index (χ0v) is 16.2. The van der Waals surface area contributed by atoms with Crippen molar-refractivity contribution in [2.24, 2.45) is 0 Å². The Morgan fingerprint density at radius 3 is 2.41 bits per heavy atom. The van der Waals surface area contributed by atoms with Crippen LogP contribution in [0.2, 0.25) is 0 Å².